The predicted octanol–water partition coefficient (Wildman–Crippen LogP) is 1.71. The highest BCUT2D eigenvalue weighted by atomic mass is 16.4. The van der Waals surface area contributed by atoms with Crippen molar-refractivity contribution in [1.29, 1.82) is 5.26 Å². The van der Waals surface area contributed by atoms with Gasteiger partial charge in [-0.05, 0) is 18.8 Å². The van der Waals surface area contributed by atoms with Crippen molar-refractivity contribution in [3.05, 3.63) is 11.6 Å². The van der Waals surface area contributed by atoms with Crippen molar-refractivity contribution < 1.29 is 9.90 Å². The third-order valence-corrected chi connectivity index (χ3v) is 2.15. The van der Waals surface area contributed by atoms with E-state index in [1.54, 1.807) is 12.1 Å². The minimum Gasteiger partial charge on any atom is -0.477 e. The average Bonchev–Trinajstić information content (AvgIpc) is 2.51. The largest absolute Gasteiger partial charge is 0.477 e. The monoisotopic (exact) mass is 165 g/mol. The quantitative estimate of drug-likeness (QED) is 0.500. The Balaban J connectivity index is 2.64. The third-order valence-electron chi connectivity index (χ3n) is 2.15. The van der Waals surface area contributed by atoms with Gasteiger partial charge in [-0.1, -0.05) is 18.9 Å². The van der Waals surface area contributed by atoms with Crippen LogP contribution < -0.4 is 0 Å². The smallest absolute Gasteiger partial charge is 0.346 e. The van der Waals surface area contributed by atoms with Crippen LogP contribution in [0.1, 0.15) is 25.7 Å². The molecule has 0 aliphatic heterocycles. The molecule has 0 unspecified atom stereocenters. The average molecular weight is 165 g/mol. The van der Waals surface area contributed by atoms with Crippen LogP contribution in [-0.2, 0) is 4.79 Å². The predicted molar refractivity (Wildman–Crippen MR) is 43.3 cm³/mol. The fourth-order valence-electron chi connectivity index (χ4n) is 1.52. The first kappa shape index (κ1) is 8.79. The topological polar surface area (TPSA) is 61.1 Å². The summed E-state index contributed by atoms with van der Waals surface area (Å²) in [5.41, 5.74) is -0.109. The van der Waals surface area contributed by atoms with E-state index in [-0.39, 0.29) is 5.57 Å². The number of rotatable bonds is 2. The Morgan fingerprint density at radius 3 is 2.50 bits per heavy atom. The highest BCUT2D eigenvalue weighted by molar-refractivity contribution is 5.90. The van der Waals surface area contributed by atoms with Gasteiger partial charge in [0, 0.05) is 0 Å². The van der Waals surface area contributed by atoms with Gasteiger partial charge in [0.1, 0.15) is 11.6 Å². The summed E-state index contributed by atoms with van der Waals surface area (Å²) >= 11 is 0. The van der Waals surface area contributed by atoms with E-state index in [4.69, 9.17) is 10.4 Å². The van der Waals surface area contributed by atoms with E-state index < -0.39 is 5.97 Å². The number of aliphatic carboxylic acids is 1. The lowest BCUT2D eigenvalue weighted by Crippen LogP contribution is -2.00. The molecule has 1 aliphatic rings. The summed E-state index contributed by atoms with van der Waals surface area (Å²) in [6, 6.07) is 1.69. The van der Waals surface area contributed by atoms with Gasteiger partial charge < -0.3 is 5.11 Å². The minimum atomic E-state index is -1.11. The molecule has 0 aromatic rings. The zero-order valence-corrected chi connectivity index (χ0v) is 6.79. The summed E-state index contributed by atoms with van der Waals surface area (Å²) in [5, 5.41) is 17.0. The second-order valence-electron chi connectivity index (χ2n) is 3.04. The molecule has 0 atom stereocenters. The zero-order valence-electron chi connectivity index (χ0n) is 6.79. The molecule has 3 nitrogen and oxygen atoms in total. The van der Waals surface area contributed by atoms with E-state index >= 15 is 0 Å². The lowest BCUT2D eigenvalue weighted by atomic mass is 10.1. The van der Waals surface area contributed by atoms with Crippen molar-refractivity contribution in [2.45, 2.75) is 25.7 Å². The van der Waals surface area contributed by atoms with Crippen LogP contribution in [0.3, 0.4) is 0 Å². The number of hydrogen-bond acceptors (Lipinski definition) is 2. The van der Waals surface area contributed by atoms with Gasteiger partial charge in [-0.15, -0.1) is 0 Å². The number of carboxylic acids is 1. The van der Waals surface area contributed by atoms with Crippen LogP contribution in [0.15, 0.2) is 11.6 Å². The van der Waals surface area contributed by atoms with Gasteiger partial charge in [0.15, 0.2) is 0 Å². The number of nitriles is 1. The SMILES string of the molecule is N#CC(=CC1CCCC1)C(=O)O. The molecule has 0 spiro atoms. The second kappa shape index (κ2) is 3.91. The van der Waals surface area contributed by atoms with Crippen LogP contribution in [0.4, 0.5) is 0 Å². The molecule has 1 aliphatic carbocycles. The van der Waals surface area contributed by atoms with Gasteiger partial charge in [0.05, 0.1) is 0 Å². The number of nitrogens with zero attached hydrogens (tertiary/aromatic N) is 1. The van der Waals surface area contributed by atoms with Gasteiger partial charge in [0.25, 0.3) is 0 Å². The van der Waals surface area contributed by atoms with E-state index in [1.807, 2.05) is 0 Å². The van der Waals surface area contributed by atoms with Crippen LogP contribution in [0.2, 0.25) is 0 Å². The molecule has 3 heteroatoms. The Kier molecular flexibility index (Phi) is 2.87. The molecule has 0 heterocycles. The molecular weight excluding hydrogens is 154 g/mol. The number of carbonyl (C=O) groups is 1. The number of carboxylic acid groups (broad SMARTS) is 1. The summed E-state index contributed by atoms with van der Waals surface area (Å²) in [4.78, 5) is 10.4. The molecule has 1 rings (SSSR count). The molecule has 0 radical (unpaired) electrons. The maximum absolute atomic E-state index is 10.4. The van der Waals surface area contributed by atoms with E-state index in [1.165, 1.54) is 0 Å². The molecule has 1 N–H and O–H groups in total. The fraction of sp³-hybridized carbons (Fsp3) is 0.556. The first-order valence-corrected chi connectivity index (χ1v) is 4.09. The molecule has 12 heavy (non-hydrogen) atoms. The molecule has 0 aromatic heterocycles. The molecule has 64 valence electrons. The first-order chi connectivity index (χ1) is 5.74. The third kappa shape index (κ3) is 2.09. The van der Waals surface area contributed by atoms with Crippen molar-refractivity contribution in [2.24, 2.45) is 5.92 Å². The lowest BCUT2D eigenvalue weighted by Gasteiger charge is -1.99. The summed E-state index contributed by atoms with van der Waals surface area (Å²) < 4.78 is 0. The zero-order chi connectivity index (χ0) is 8.97. The standard InChI is InChI=1S/C9H11NO2/c10-6-8(9(11)12)5-7-3-1-2-4-7/h5,7H,1-4H2,(H,11,12). The van der Waals surface area contributed by atoms with Crippen LogP contribution in [0.25, 0.3) is 0 Å². The summed E-state index contributed by atoms with van der Waals surface area (Å²) in [6.07, 6.45) is 5.95. The summed E-state index contributed by atoms with van der Waals surface area (Å²) in [7, 11) is 0. The van der Waals surface area contributed by atoms with Crippen LogP contribution in [0, 0.1) is 17.2 Å². The van der Waals surface area contributed by atoms with Gasteiger partial charge in [0.2, 0.25) is 0 Å². The van der Waals surface area contributed by atoms with Gasteiger partial charge in [-0.3, -0.25) is 0 Å². The maximum atomic E-state index is 10.4. The fourth-order valence-corrected chi connectivity index (χ4v) is 1.52. The van der Waals surface area contributed by atoms with Crippen molar-refractivity contribution in [1.82, 2.24) is 0 Å². The highest BCUT2D eigenvalue weighted by Crippen LogP contribution is 2.26. The van der Waals surface area contributed by atoms with E-state index in [9.17, 15) is 4.79 Å². The maximum Gasteiger partial charge on any atom is 0.346 e. The Morgan fingerprint density at radius 1 is 1.50 bits per heavy atom. The molecule has 1 fully saturated rings. The van der Waals surface area contributed by atoms with Crippen molar-refractivity contribution >= 4 is 5.97 Å². The number of allylic oxidation sites excluding steroid dienone is 1. The summed E-state index contributed by atoms with van der Waals surface area (Å²) in [5.74, 6) is -0.792. The minimum absolute atomic E-state index is 0.109. The lowest BCUT2D eigenvalue weighted by molar-refractivity contribution is -0.132. The Hall–Kier alpha value is -1.30. The molecule has 0 aromatic carbocycles. The molecule has 0 saturated heterocycles. The highest BCUT2D eigenvalue weighted by Gasteiger charge is 2.15. The second-order valence-corrected chi connectivity index (χ2v) is 3.04. The number of hydrogen-bond donors (Lipinski definition) is 1. The molecule has 0 amide bonds. The van der Waals surface area contributed by atoms with Gasteiger partial charge in [-0.2, -0.15) is 5.26 Å². The van der Waals surface area contributed by atoms with Crippen LogP contribution in [-0.4, -0.2) is 11.1 Å². The van der Waals surface area contributed by atoms with E-state index in [2.05, 4.69) is 0 Å². The van der Waals surface area contributed by atoms with Crippen LogP contribution in [0.5, 0.6) is 0 Å². The van der Waals surface area contributed by atoms with E-state index in [0.29, 0.717) is 5.92 Å². The normalized spacial score (nSPS) is 19.1. The Morgan fingerprint density at radius 2 is 2.08 bits per heavy atom. The van der Waals surface area contributed by atoms with Crippen molar-refractivity contribution in [2.75, 3.05) is 0 Å². The molecular formula is C9H11NO2. The first-order valence-electron chi connectivity index (χ1n) is 4.09. The van der Waals surface area contributed by atoms with Crippen LogP contribution >= 0.6 is 0 Å². The summed E-state index contributed by atoms with van der Waals surface area (Å²) in [6.45, 7) is 0. The molecule has 1 saturated carbocycles. The van der Waals surface area contributed by atoms with E-state index in [0.717, 1.165) is 25.7 Å². The van der Waals surface area contributed by atoms with Gasteiger partial charge >= 0.3 is 5.97 Å². The molecule has 0 bridgehead atoms. The van der Waals surface area contributed by atoms with Crippen molar-refractivity contribution in [3.8, 4) is 6.07 Å². The van der Waals surface area contributed by atoms with Gasteiger partial charge in [-0.25, -0.2) is 4.79 Å². The Bertz CT molecular complexity index is 244. The Labute approximate surface area is 71.3 Å². The van der Waals surface area contributed by atoms with Crippen molar-refractivity contribution in [3.63, 3.8) is 0 Å².